The van der Waals surface area contributed by atoms with E-state index in [2.05, 4.69) is 21.2 Å². The van der Waals surface area contributed by atoms with Gasteiger partial charge in [-0.3, -0.25) is 14.5 Å². The zero-order valence-electron chi connectivity index (χ0n) is 18.4. The summed E-state index contributed by atoms with van der Waals surface area (Å²) >= 11 is 17.0. The van der Waals surface area contributed by atoms with Crippen LogP contribution in [0.2, 0.25) is 10.0 Å². The second-order valence-corrected chi connectivity index (χ2v) is 10.8. The third kappa shape index (κ3) is 5.74. The maximum Gasteiger partial charge on any atom is 0.269 e. The van der Waals surface area contributed by atoms with Crippen molar-refractivity contribution < 1.29 is 9.59 Å². The largest absolute Gasteiger partial charge is 0.321 e. The number of halogens is 3. The molecule has 2 amide bonds. The van der Waals surface area contributed by atoms with Crippen LogP contribution >= 0.6 is 50.9 Å². The summed E-state index contributed by atoms with van der Waals surface area (Å²) in [6.45, 7) is 1.94. The molecule has 1 aliphatic heterocycles. The number of hydrogen-bond acceptors (Lipinski definition) is 4. The third-order valence-corrected chi connectivity index (χ3v) is 7.71. The molecule has 0 radical (unpaired) electrons. The number of benzene rings is 3. The molecule has 0 unspecified atom stereocenters. The third-order valence-electron chi connectivity index (χ3n) is 5.31. The fourth-order valence-corrected chi connectivity index (χ4v) is 5.49. The number of aryl methyl sites for hydroxylation is 1. The SMILES string of the molecule is Cc1ccc(N2C(=O)[C@H](Cc3cc(Cl)ccc3Cl)S/C2=C(/C#N)C(=O)Nc2ccc(Br)cc2)cc1. The molecule has 1 saturated heterocycles. The Kier molecular flexibility index (Phi) is 7.88. The predicted molar refractivity (Wildman–Crippen MR) is 146 cm³/mol. The van der Waals surface area contributed by atoms with E-state index < -0.39 is 11.2 Å². The second-order valence-electron chi connectivity index (χ2n) is 7.81. The minimum atomic E-state index is -0.594. The number of nitrogens with one attached hydrogen (secondary N) is 1. The lowest BCUT2D eigenvalue weighted by Crippen LogP contribution is -2.31. The first-order valence-corrected chi connectivity index (χ1v) is 12.9. The number of nitriles is 1. The van der Waals surface area contributed by atoms with Crippen molar-refractivity contribution in [3.05, 3.63) is 103 Å². The molecule has 1 N–H and O–H groups in total. The second kappa shape index (κ2) is 10.9. The monoisotopic (exact) mass is 585 g/mol. The van der Waals surface area contributed by atoms with Gasteiger partial charge in [0.05, 0.1) is 5.25 Å². The Bertz CT molecular complexity index is 1370. The predicted octanol–water partition coefficient (Wildman–Crippen LogP) is 7.13. The van der Waals surface area contributed by atoms with Crippen LogP contribution in [0.3, 0.4) is 0 Å². The van der Waals surface area contributed by atoms with Gasteiger partial charge >= 0.3 is 0 Å². The van der Waals surface area contributed by atoms with Crippen LogP contribution in [0, 0.1) is 18.3 Å². The van der Waals surface area contributed by atoms with Gasteiger partial charge < -0.3 is 5.32 Å². The van der Waals surface area contributed by atoms with E-state index in [0.29, 0.717) is 33.4 Å². The van der Waals surface area contributed by atoms with Gasteiger partial charge in [0.1, 0.15) is 16.7 Å². The van der Waals surface area contributed by atoms with Crippen LogP contribution in [0.1, 0.15) is 11.1 Å². The van der Waals surface area contributed by atoms with Gasteiger partial charge in [-0.15, -0.1) is 0 Å². The molecule has 35 heavy (non-hydrogen) atoms. The van der Waals surface area contributed by atoms with Crippen molar-refractivity contribution in [2.24, 2.45) is 0 Å². The van der Waals surface area contributed by atoms with Crippen molar-refractivity contribution in [3.8, 4) is 6.07 Å². The van der Waals surface area contributed by atoms with Crippen LogP contribution in [0.15, 0.2) is 81.8 Å². The Hall–Kier alpha value is -2.76. The van der Waals surface area contributed by atoms with Crippen molar-refractivity contribution in [2.75, 3.05) is 10.2 Å². The lowest BCUT2D eigenvalue weighted by Gasteiger charge is -2.19. The lowest BCUT2D eigenvalue weighted by atomic mass is 10.1. The molecular weight excluding hydrogens is 569 g/mol. The van der Waals surface area contributed by atoms with Crippen molar-refractivity contribution in [2.45, 2.75) is 18.6 Å². The minimum Gasteiger partial charge on any atom is -0.321 e. The van der Waals surface area contributed by atoms with Crippen LogP contribution in [0.5, 0.6) is 0 Å². The van der Waals surface area contributed by atoms with E-state index >= 15 is 0 Å². The van der Waals surface area contributed by atoms with E-state index in [-0.39, 0.29) is 16.5 Å². The van der Waals surface area contributed by atoms with Crippen molar-refractivity contribution in [1.29, 1.82) is 5.26 Å². The van der Waals surface area contributed by atoms with Crippen molar-refractivity contribution in [1.82, 2.24) is 0 Å². The molecule has 4 rings (SSSR count). The van der Waals surface area contributed by atoms with Gasteiger partial charge in [-0.05, 0) is 73.5 Å². The summed E-state index contributed by atoms with van der Waals surface area (Å²) in [5.74, 6) is -0.835. The van der Waals surface area contributed by atoms with Crippen LogP contribution in [0.25, 0.3) is 0 Å². The summed E-state index contributed by atoms with van der Waals surface area (Å²) in [4.78, 5) is 28.2. The van der Waals surface area contributed by atoms with Crippen molar-refractivity contribution in [3.63, 3.8) is 0 Å². The summed E-state index contributed by atoms with van der Waals surface area (Å²) in [6.07, 6.45) is 0.293. The first kappa shape index (κ1) is 25.3. The average molecular weight is 587 g/mol. The molecule has 0 saturated carbocycles. The number of nitrogens with zero attached hydrogens (tertiary/aromatic N) is 2. The van der Waals surface area contributed by atoms with Gasteiger partial charge in [0.15, 0.2) is 0 Å². The quantitative estimate of drug-likeness (QED) is 0.255. The molecule has 1 aliphatic rings. The molecule has 0 aliphatic carbocycles. The van der Waals surface area contributed by atoms with E-state index in [4.69, 9.17) is 23.2 Å². The Labute approximate surface area is 225 Å². The first-order chi connectivity index (χ1) is 16.8. The molecule has 1 atom stereocenters. The van der Waals surface area contributed by atoms with E-state index in [9.17, 15) is 14.9 Å². The summed E-state index contributed by atoms with van der Waals surface area (Å²) in [5, 5.41) is 13.4. The summed E-state index contributed by atoms with van der Waals surface area (Å²) < 4.78 is 0.861. The van der Waals surface area contributed by atoms with Gasteiger partial charge in [0.2, 0.25) is 5.91 Å². The fraction of sp³-hybridized carbons (Fsp3) is 0.115. The molecule has 0 spiro atoms. The highest BCUT2D eigenvalue weighted by molar-refractivity contribution is 9.10. The molecule has 0 aromatic heterocycles. The molecule has 3 aromatic carbocycles. The van der Waals surface area contributed by atoms with Gasteiger partial charge in [-0.25, -0.2) is 0 Å². The van der Waals surface area contributed by atoms with Gasteiger partial charge in [-0.1, -0.05) is 68.6 Å². The Morgan fingerprint density at radius 3 is 2.46 bits per heavy atom. The number of carbonyl (C=O) groups excluding carboxylic acids is 2. The van der Waals surface area contributed by atoms with Crippen LogP contribution in [-0.4, -0.2) is 17.1 Å². The highest BCUT2D eigenvalue weighted by atomic mass is 79.9. The standard InChI is InChI=1S/C26H18BrCl2N3O2S/c1-15-2-9-20(10-3-15)32-25(34)23(13-16-12-18(28)6-11-22(16)29)35-26(32)21(14-30)24(33)31-19-7-4-17(27)5-8-19/h2-12,23H,13H2,1H3,(H,31,33)/b26-21-/t23-/m0/s1. The number of anilines is 2. The lowest BCUT2D eigenvalue weighted by molar-refractivity contribution is -0.117. The van der Waals surface area contributed by atoms with Crippen LogP contribution in [-0.2, 0) is 16.0 Å². The molecule has 0 bridgehead atoms. The summed E-state index contributed by atoms with van der Waals surface area (Å²) in [7, 11) is 0. The number of amides is 2. The molecule has 1 heterocycles. The van der Waals surface area contributed by atoms with E-state index in [0.717, 1.165) is 10.0 Å². The maximum absolute atomic E-state index is 13.6. The highest BCUT2D eigenvalue weighted by Gasteiger charge is 2.41. The van der Waals surface area contributed by atoms with E-state index in [1.54, 1.807) is 54.6 Å². The Morgan fingerprint density at radius 2 is 1.80 bits per heavy atom. The smallest absolute Gasteiger partial charge is 0.269 e. The first-order valence-electron chi connectivity index (χ1n) is 10.5. The minimum absolute atomic E-state index is 0.147. The molecule has 176 valence electrons. The topological polar surface area (TPSA) is 73.2 Å². The van der Waals surface area contributed by atoms with Crippen LogP contribution < -0.4 is 10.2 Å². The van der Waals surface area contributed by atoms with Gasteiger partial charge in [-0.2, -0.15) is 5.26 Å². The zero-order chi connectivity index (χ0) is 25.1. The Balaban J connectivity index is 1.73. The van der Waals surface area contributed by atoms with E-state index in [1.165, 1.54) is 16.7 Å². The van der Waals surface area contributed by atoms with Gasteiger partial charge in [0.25, 0.3) is 5.91 Å². The van der Waals surface area contributed by atoms with Crippen molar-refractivity contribution >= 4 is 74.1 Å². The molecule has 3 aromatic rings. The maximum atomic E-state index is 13.6. The number of rotatable bonds is 5. The Morgan fingerprint density at radius 1 is 1.11 bits per heavy atom. The zero-order valence-corrected chi connectivity index (χ0v) is 22.3. The fourth-order valence-electron chi connectivity index (χ4n) is 3.54. The number of hydrogen-bond donors (Lipinski definition) is 1. The summed E-state index contributed by atoms with van der Waals surface area (Å²) in [5.41, 5.74) is 2.70. The highest BCUT2D eigenvalue weighted by Crippen LogP contribution is 2.42. The number of carbonyl (C=O) groups is 2. The average Bonchev–Trinajstić information content (AvgIpc) is 3.14. The molecule has 1 fully saturated rings. The van der Waals surface area contributed by atoms with E-state index in [1.807, 2.05) is 25.1 Å². The van der Waals surface area contributed by atoms with Gasteiger partial charge in [0, 0.05) is 25.9 Å². The molecular formula is C26H18BrCl2N3O2S. The number of thioether (sulfide) groups is 1. The molecule has 5 nitrogen and oxygen atoms in total. The van der Waals surface area contributed by atoms with Crippen LogP contribution in [0.4, 0.5) is 11.4 Å². The molecule has 9 heteroatoms. The normalized spacial score (nSPS) is 16.7. The summed E-state index contributed by atoms with van der Waals surface area (Å²) in [6, 6.07) is 21.4.